The first-order chi connectivity index (χ1) is 9.54. The highest BCUT2D eigenvalue weighted by Gasteiger charge is 2.15. The molecule has 1 saturated heterocycles. The molecule has 0 bridgehead atoms. The Morgan fingerprint density at radius 3 is 3.00 bits per heavy atom. The molecule has 0 aliphatic carbocycles. The Hall–Kier alpha value is -1.56. The third-order valence-electron chi connectivity index (χ3n) is 3.70. The Morgan fingerprint density at radius 1 is 1.55 bits per heavy atom. The van der Waals surface area contributed by atoms with E-state index in [1.807, 2.05) is 20.0 Å². The molecule has 1 aromatic rings. The molecule has 1 fully saturated rings. The second-order valence-corrected chi connectivity index (χ2v) is 5.72. The Bertz CT molecular complexity index is 456. The van der Waals surface area contributed by atoms with Gasteiger partial charge in [0, 0.05) is 32.7 Å². The fourth-order valence-electron chi connectivity index (χ4n) is 2.71. The monoisotopic (exact) mass is 279 g/mol. The highest BCUT2D eigenvalue weighted by molar-refractivity contribution is 5.88. The van der Waals surface area contributed by atoms with Gasteiger partial charge in [-0.1, -0.05) is 6.92 Å². The molecular weight excluding hydrogens is 254 g/mol. The Morgan fingerprint density at radius 2 is 2.35 bits per heavy atom. The van der Waals surface area contributed by atoms with Gasteiger partial charge < -0.3 is 10.2 Å². The van der Waals surface area contributed by atoms with Crippen molar-refractivity contribution in [3.05, 3.63) is 11.8 Å². The normalized spacial score (nSPS) is 19.9. The molecule has 2 heterocycles. The topological polar surface area (TPSA) is 62.2 Å². The first-order valence-electron chi connectivity index (χ1n) is 7.32. The summed E-state index contributed by atoms with van der Waals surface area (Å²) in [5.41, 5.74) is 0.894. The molecule has 1 aromatic heterocycles. The number of nitrogens with zero attached hydrogens (tertiary/aromatic N) is 3. The van der Waals surface area contributed by atoms with Crippen molar-refractivity contribution in [2.45, 2.75) is 26.7 Å². The summed E-state index contributed by atoms with van der Waals surface area (Å²) in [6.45, 7) is 8.08. The number of amides is 2. The van der Waals surface area contributed by atoms with Gasteiger partial charge in [0.1, 0.15) is 5.82 Å². The summed E-state index contributed by atoms with van der Waals surface area (Å²) < 4.78 is 1.67. The van der Waals surface area contributed by atoms with Crippen LogP contribution in [0.2, 0.25) is 0 Å². The minimum atomic E-state index is -0.168. The number of anilines is 1. The quantitative estimate of drug-likeness (QED) is 0.879. The van der Waals surface area contributed by atoms with Crippen LogP contribution in [-0.2, 0) is 7.05 Å². The lowest BCUT2D eigenvalue weighted by Crippen LogP contribution is -2.41. The third kappa shape index (κ3) is 4.23. The van der Waals surface area contributed by atoms with Crippen LogP contribution in [0, 0.1) is 12.8 Å². The zero-order valence-electron chi connectivity index (χ0n) is 12.6. The molecule has 6 nitrogen and oxygen atoms in total. The van der Waals surface area contributed by atoms with Crippen LogP contribution in [0.3, 0.4) is 0 Å². The van der Waals surface area contributed by atoms with Gasteiger partial charge in [0.2, 0.25) is 0 Å². The number of likely N-dealkylation sites (tertiary alicyclic amines) is 1. The standard InChI is InChI=1S/C14H25N5O/c1-11-5-4-7-19(10-11)8-6-15-14(20)16-13-9-12(2)17-18(13)3/h9,11H,4-8,10H2,1-3H3,(H2,15,16,20)/t11-/m0/s1. The van der Waals surface area contributed by atoms with Gasteiger partial charge in [-0.25, -0.2) is 4.79 Å². The van der Waals surface area contributed by atoms with Crippen molar-refractivity contribution in [1.29, 1.82) is 0 Å². The van der Waals surface area contributed by atoms with Gasteiger partial charge in [0.05, 0.1) is 5.69 Å². The van der Waals surface area contributed by atoms with E-state index < -0.39 is 0 Å². The van der Waals surface area contributed by atoms with Gasteiger partial charge in [-0.15, -0.1) is 0 Å². The van der Waals surface area contributed by atoms with Crippen LogP contribution >= 0.6 is 0 Å². The number of hydrogen-bond acceptors (Lipinski definition) is 3. The number of aromatic nitrogens is 2. The number of piperidine rings is 1. The maximum Gasteiger partial charge on any atom is 0.320 e. The number of aryl methyl sites for hydroxylation is 2. The van der Waals surface area contributed by atoms with E-state index in [0.717, 1.165) is 31.2 Å². The lowest BCUT2D eigenvalue weighted by molar-refractivity contribution is 0.184. The second kappa shape index (κ2) is 6.74. The second-order valence-electron chi connectivity index (χ2n) is 5.72. The van der Waals surface area contributed by atoms with Gasteiger partial charge in [0.25, 0.3) is 0 Å². The highest BCUT2D eigenvalue weighted by Crippen LogP contribution is 2.14. The molecule has 1 atom stereocenters. The third-order valence-corrected chi connectivity index (χ3v) is 3.70. The maximum atomic E-state index is 11.8. The Kier molecular flexibility index (Phi) is 5.00. The van der Waals surface area contributed by atoms with Gasteiger partial charge in [-0.05, 0) is 32.2 Å². The summed E-state index contributed by atoms with van der Waals surface area (Å²) in [7, 11) is 1.82. The molecule has 0 spiro atoms. The molecule has 0 unspecified atom stereocenters. The minimum absolute atomic E-state index is 0.168. The van der Waals surface area contributed by atoms with Crippen molar-refractivity contribution in [1.82, 2.24) is 20.0 Å². The molecule has 20 heavy (non-hydrogen) atoms. The molecule has 2 amide bonds. The lowest BCUT2D eigenvalue weighted by Gasteiger charge is -2.30. The summed E-state index contributed by atoms with van der Waals surface area (Å²) in [5, 5.41) is 9.90. The lowest BCUT2D eigenvalue weighted by atomic mass is 10.0. The van der Waals surface area contributed by atoms with E-state index in [1.54, 1.807) is 4.68 Å². The average molecular weight is 279 g/mol. The smallest absolute Gasteiger partial charge is 0.320 e. The predicted octanol–water partition coefficient (Wildman–Crippen LogP) is 1.58. The van der Waals surface area contributed by atoms with E-state index in [0.29, 0.717) is 12.4 Å². The van der Waals surface area contributed by atoms with Crippen LogP contribution in [0.4, 0.5) is 10.6 Å². The van der Waals surface area contributed by atoms with Crippen molar-refractivity contribution in [3.63, 3.8) is 0 Å². The molecule has 2 N–H and O–H groups in total. The van der Waals surface area contributed by atoms with Crippen LogP contribution in [0.5, 0.6) is 0 Å². The van der Waals surface area contributed by atoms with Gasteiger partial charge in [0.15, 0.2) is 0 Å². The van der Waals surface area contributed by atoms with E-state index in [2.05, 4.69) is 27.6 Å². The molecule has 0 saturated carbocycles. The first kappa shape index (κ1) is 14.8. The number of urea groups is 1. The van der Waals surface area contributed by atoms with Crippen LogP contribution in [0.1, 0.15) is 25.5 Å². The molecule has 6 heteroatoms. The number of rotatable bonds is 4. The number of nitrogens with one attached hydrogen (secondary N) is 2. The largest absolute Gasteiger partial charge is 0.337 e. The summed E-state index contributed by atoms with van der Waals surface area (Å²) in [5.74, 6) is 1.49. The Balaban J connectivity index is 1.69. The SMILES string of the molecule is Cc1cc(NC(=O)NCCN2CCC[C@H](C)C2)n(C)n1. The summed E-state index contributed by atoms with van der Waals surface area (Å²) >= 11 is 0. The van der Waals surface area contributed by atoms with E-state index >= 15 is 0 Å². The molecule has 0 aromatic carbocycles. The minimum Gasteiger partial charge on any atom is -0.337 e. The Labute approximate surface area is 120 Å². The fourth-order valence-corrected chi connectivity index (χ4v) is 2.71. The van der Waals surface area contributed by atoms with E-state index in [4.69, 9.17) is 0 Å². The van der Waals surface area contributed by atoms with Crippen molar-refractivity contribution in [2.75, 3.05) is 31.5 Å². The fraction of sp³-hybridized carbons (Fsp3) is 0.714. The number of hydrogen-bond donors (Lipinski definition) is 2. The molecule has 1 aliphatic rings. The van der Waals surface area contributed by atoms with Gasteiger partial charge >= 0.3 is 6.03 Å². The van der Waals surface area contributed by atoms with E-state index in [1.165, 1.54) is 12.8 Å². The van der Waals surface area contributed by atoms with Crippen molar-refractivity contribution in [3.8, 4) is 0 Å². The average Bonchev–Trinajstić information content (AvgIpc) is 2.68. The van der Waals surface area contributed by atoms with E-state index in [9.17, 15) is 4.79 Å². The predicted molar refractivity (Wildman–Crippen MR) is 79.8 cm³/mol. The van der Waals surface area contributed by atoms with Crippen molar-refractivity contribution < 1.29 is 4.79 Å². The number of carbonyl (C=O) groups excluding carboxylic acids is 1. The van der Waals surface area contributed by atoms with Crippen LogP contribution in [0.25, 0.3) is 0 Å². The van der Waals surface area contributed by atoms with Crippen LogP contribution in [0.15, 0.2) is 6.07 Å². The van der Waals surface area contributed by atoms with Crippen LogP contribution in [-0.4, -0.2) is 46.9 Å². The molecule has 0 radical (unpaired) electrons. The highest BCUT2D eigenvalue weighted by atomic mass is 16.2. The van der Waals surface area contributed by atoms with Gasteiger partial charge in [-0.2, -0.15) is 5.10 Å². The first-order valence-corrected chi connectivity index (χ1v) is 7.32. The zero-order valence-corrected chi connectivity index (χ0v) is 12.6. The molecule has 2 rings (SSSR count). The van der Waals surface area contributed by atoms with E-state index in [-0.39, 0.29) is 6.03 Å². The van der Waals surface area contributed by atoms with Gasteiger partial charge in [-0.3, -0.25) is 10.00 Å². The van der Waals surface area contributed by atoms with Crippen molar-refractivity contribution in [2.24, 2.45) is 13.0 Å². The zero-order chi connectivity index (χ0) is 14.5. The van der Waals surface area contributed by atoms with Crippen molar-refractivity contribution >= 4 is 11.8 Å². The maximum absolute atomic E-state index is 11.8. The molecule has 1 aliphatic heterocycles. The summed E-state index contributed by atoms with van der Waals surface area (Å²) in [4.78, 5) is 14.2. The molecule has 112 valence electrons. The summed E-state index contributed by atoms with van der Waals surface area (Å²) in [6.07, 6.45) is 2.59. The summed E-state index contributed by atoms with van der Waals surface area (Å²) in [6, 6.07) is 1.68. The van der Waals surface area contributed by atoms with Crippen LogP contribution < -0.4 is 10.6 Å². The molecular formula is C14H25N5O. The number of carbonyl (C=O) groups is 1.